The first-order valence-corrected chi connectivity index (χ1v) is 8.68. The van der Waals surface area contributed by atoms with Crippen LogP contribution in [0.15, 0.2) is 35.8 Å². The van der Waals surface area contributed by atoms with Gasteiger partial charge in [-0.15, -0.1) is 11.3 Å². The highest BCUT2D eigenvalue weighted by molar-refractivity contribution is 7.09. The zero-order valence-electron chi connectivity index (χ0n) is 13.5. The fourth-order valence-corrected chi connectivity index (χ4v) is 3.65. The Morgan fingerprint density at radius 2 is 2.30 bits per heavy atom. The highest BCUT2D eigenvalue weighted by Crippen LogP contribution is 2.26. The summed E-state index contributed by atoms with van der Waals surface area (Å²) in [5, 5.41) is 5.87. The van der Waals surface area contributed by atoms with Gasteiger partial charge in [-0.1, -0.05) is 12.1 Å². The topological polar surface area (TPSA) is 48.5 Å². The molecule has 0 aliphatic carbocycles. The van der Waals surface area contributed by atoms with Crippen LogP contribution in [-0.4, -0.2) is 54.4 Å². The summed E-state index contributed by atoms with van der Waals surface area (Å²) in [6.45, 7) is 3.91. The standard InChI is InChI=1S/C17H22N4OS/c1-18-17(22)14-5-3-4-13(10-14)15-11-21(8-7-20(15)2)12-16-19-6-9-23-16/h3-6,9-10,15H,7-8,11-12H2,1-2H3,(H,18,22). The van der Waals surface area contributed by atoms with Gasteiger partial charge < -0.3 is 5.32 Å². The fourth-order valence-electron chi connectivity index (χ4n) is 2.99. The maximum absolute atomic E-state index is 11.9. The number of piperazine rings is 1. The van der Waals surface area contributed by atoms with E-state index in [1.807, 2.05) is 29.8 Å². The van der Waals surface area contributed by atoms with Crippen molar-refractivity contribution in [3.8, 4) is 0 Å². The van der Waals surface area contributed by atoms with Crippen LogP contribution in [0.25, 0.3) is 0 Å². The Labute approximate surface area is 140 Å². The molecule has 1 saturated heterocycles. The molecule has 23 heavy (non-hydrogen) atoms. The summed E-state index contributed by atoms with van der Waals surface area (Å²) in [5.74, 6) is -0.0371. The van der Waals surface area contributed by atoms with E-state index in [9.17, 15) is 4.79 Å². The minimum Gasteiger partial charge on any atom is -0.355 e. The molecular formula is C17H22N4OS. The zero-order chi connectivity index (χ0) is 16.2. The van der Waals surface area contributed by atoms with Gasteiger partial charge in [0, 0.05) is 49.9 Å². The number of hydrogen-bond acceptors (Lipinski definition) is 5. The lowest BCUT2D eigenvalue weighted by Crippen LogP contribution is -2.46. The van der Waals surface area contributed by atoms with Crippen LogP contribution >= 0.6 is 11.3 Å². The van der Waals surface area contributed by atoms with Crippen molar-refractivity contribution in [1.82, 2.24) is 20.1 Å². The first-order chi connectivity index (χ1) is 11.2. The average Bonchev–Trinajstić information content (AvgIpc) is 3.09. The molecule has 1 N–H and O–H groups in total. The van der Waals surface area contributed by atoms with E-state index in [0.29, 0.717) is 6.04 Å². The number of nitrogens with zero attached hydrogens (tertiary/aromatic N) is 3. The summed E-state index contributed by atoms with van der Waals surface area (Å²) in [6.07, 6.45) is 1.86. The summed E-state index contributed by atoms with van der Waals surface area (Å²) in [7, 11) is 3.81. The number of thiazole rings is 1. The molecule has 0 bridgehead atoms. The third-order valence-corrected chi connectivity index (χ3v) is 5.10. The Morgan fingerprint density at radius 1 is 1.43 bits per heavy atom. The number of hydrogen-bond donors (Lipinski definition) is 1. The SMILES string of the molecule is CNC(=O)c1cccc(C2CN(Cc3nccs3)CCN2C)c1. The van der Waals surface area contributed by atoms with Crippen molar-refractivity contribution in [2.24, 2.45) is 0 Å². The number of carbonyl (C=O) groups is 1. The molecule has 0 radical (unpaired) electrons. The van der Waals surface area contributed by atoms with Gasteiger partial charge in [0.05, 0.1) is 6.54 Å². The lowest BCUT2D eigenvalue weighted by molar-refractivity contribution is 0.0900. The predicted octanol–water partition coefficient (Wildman–Crippen LogP) is 1.99. The van der Waals surface area contributed by atoms with E-state index in [1.165, 1.54) is 5.56 Å². The van der Waals surface area contributed by atoms with Crippen LogP contribution in [0.4, 0.5) is 0 Å². The van der Waals surface area contributed by atoms with Crippen molar-refractivity contribution in [3.63, 3.8) is 0 Å². The van der Waals surface area contributed by atoms with Crippen LogP contribution in [-0.2, 0) is 6.54 Å². The summed E-state index contributed by atoms with van der Waals surface area (Å²) in [4.78, 5) is 21.1. The van der Waals surface area contributed by atoms with Crippen molar-refractivity contribution < 1.29 is 4.79 Å². The molecule has 2 heterocycles. The van der Waals surface area contributed by atoms with E-state index < -0.39 is 0 Å². The van der Waals surface area contributed by atoms with Gasteiger partial charge in [0.25, 0.3) is 5.91 Å². The largest absolute Gasteiger partial charge is 0.355 e. The number of aromatic nitrogens is 1. The van der Waals surface area contributed by atoms with Gasteiger partial charge in [-0.25, -0.2) is 4.98 Å². The molecule has 0 saturated carbocycles. The van der Waals surface area contributed by atoms with Crippen LogP contribution in [0.1, 0.15) is 27.0 Å². The number of benzene rings is 1. The van der Waals surface area contributed by atoms with Crippen molar-refractivity contribution in [1.29, 1.82) is 0 Å². The van der Waals surface area contributed by atoms with Crippen molar-refractivity contribution in [2.75, 3.05) is 33.7 Å². The molecule has 1 atom stereocenters. The van der Waals surface area contributed by atoms with E-state index in [1.54, 1.807) is 18.4 Å². The van der Waals surface area contributed by atoms with Gasteiger partial charge in [-0.2, -0.15) is 0 Å². The van der Waals surface area contributed by atoms with E-state index in [-0.39, 0.29) is 5.91 Å². The van der Waals surface area contributed by atoms with Crippen LogP contribution < -0.4 is 5.32 Å². The zero-order valence-corrected chi connectivity index (χ0v) is 14.3. The van der Waals surface area contributed by atoms with Crippen molar-refractivity contribution in [2.45, 2.75) is 12.6 Å². The summed E-state index contributed by atoms with van der Waals surface area (Å²) < 4.78 is 0. The van der Waals surface area contributed by atoms with E-state index in [0.717, 1.165) is 36.8 Å². The molecule has 1 aliphatic heterocycles. The molecular weight excluding hydrogens is 308 g/mol. The Morgan fingerprint density at radius 3 is 3.04 bits per heavy atom. The second-order valence-corrected chi connectivity index (χ2v) is 6.84. The van der Waals surface area contributed by atoms with Gasteiger partial charge in [0.1, 0.15) is 5.01 Å². The quantitative estimate of drug-likeness (QED) is 0.931. The molecule has 3 rings (SSSR count). The maximum atomic E-state index is 11.9. The summed E-state index contributed by atoms with van der Waals surface area (Å²) in [6, 6.07) is 8.24. The lowest BCUT2D eigenvalue weighted by atomic mass is 10.00. The first-order valence-electron chi connectivity index (χ1n) is 7.80. The molecule has 1 fully saturated rings. The highest BCUT2D eigenvalue weighted by atomic mass is 32.1. The van der Waals surface area contributed by atoms with Crippen molar-refractivity contribution in [3.05, 3.63) is 52.0 Å². The van der Waals surface area contributed by atoms with Gasteiger partial charge in [-0.05, 0) is 24.7 Å². The Bertz CT molecular complexity index is 658. The first kappa shape index (κ1) is 16.1. The Hall–Kier alpha value is -1.76. The van der Waals surface area contributed by atoms with Gasteiger partial charge in [-0.3, -0.25) is 14.6 Å². The minimum atomic E-state index is -0.0371. The molecule has 1 aliphatic rings. The van der Waals surface area contributed by atoms with Gasteiger partial charge in [0.15, 0.2) is 0 Å². The molecule has 1 aromatic carbocycles. The third-order valence-electron chi connectivity index (χ3n) is 4.34. The Balaban J connectivity index is 1.76. The molecule has 5 nitrogen and oxygen atoms in total. The number of amides is 1. The molecule has 2 aromatic rings. The maximum Gasteiger partial charge on any atom is 0.251 e. The smallest absolute Gasteiger partial charge is 0.251 e. The second kappa shape index (κ2) is 7.21. The molecule has 122 valence electrons. The van der Waals surface area contributed by atoms with Crippen LogP contribution in [0.3, 0.4) is 0 Å². The van der Waals surface area contributed by atoms with Gasteiger partial charge in [0.2, 0.25) is 0 Å². The fraction of sp³-hybridized carbons (Fsp3) is 0.412. The third kappa shape index (κ3) is 3.77. The van der Waals surface area contributed by atoms with Crippen LogP contribution in [0.2, 0.25) is 0 Å². The van der Waals surface area contributed by atoms with Gasteiger partial charge >= 0.3 is 0 Å². The number of nitrogens with one attached hydrogen (secondary N) is 1. The van der Waals surface area contributed by atoms with E-state index >= 15 is 0 Å². The summed E-state index contributed by atoms with van der Waals surface area (Å²) >= 11 is 1.70. The van der Waals surface area contributed by atoms with Crippen LogP contribution in [0, 0.1) is 0 Å². The normalized spacial score (nSPS) is 19.7. The van der Waals surface area contributed by atoms with E-state index in [4.69, 9.17) is 0 Å². The minimum absolute atomic E-state index is 0.0371. The predicted molar refractivity (Wildman–Crippen MR) is 92.6 cm³/mol. The highest BCUT2D eigenvalue weighted by Gasteiger charge is 2.26. The molecule has 1 unspecified atom stereocenters. The molecule has 1 amide bonds. The molecule has 1 aromatic heterocycles. The van der Waals surface area contributed by atoms with Crippen LogP contribution in [0.5, 0.6) is 0 Å². The number of rotatable bonds is 4. The number of likely N-dealkylation sites (N-methyl/N-ethyl adjacent to an activating group) is 1. The monoisotopic (exact) mass is 330 g/mol. The number of carbonyl (C=O) groups excluding carboxylic acids is 1. The summed E-state index contributed by atoms with van der Waals surface area (Å²) in [5.41, 5.74) is 1.91. The lowest BCUT2D eigenvalue weighted by Gasteiger charge is -2.39. The average molecular weight is 330 g/mol. The molecule has 6 heteroatoms. The molecule has 0 spiro atoms. The Kier molecular flexibility index (Phi) is 5.05. The van der Waals surface area contributed by atoms with Crippen molar-refractivity contribution >= 4 is 17.2 Å². The van der Waals surface area contributed by atoms with E-state index in [2.05, 4.69) is 33.2 Å². The second-order valence-electron chi connectivity index (χ2n) is 5.86.